The molecule has 2 rings (SSSR count). The van der Waals surface area contributed by atoms with Crippen LogP contribution in [-0.2, 0) is 11.2 Å². The Bertz CT molecular complexity index is 552. The van der Waals surface area contributed by atoms with E-state index in [1.54, 1.807) is 11.3 Å². The van der Waals surface area contributed by atoms with Crippen molar-refractivity contribution in [2.75, 3.05) is 20.6 Å². The summed E-state index contributed by atoms with van der Waals surface area (Å²) in [6, 6.07) is 14.7. The third kappa shape index (κ3) is 5.28. The molecule has 3 nitrogen and oxygen atoms in total. The Balaban J connectivity index is 1.76. The molecule has 1 heterocycles. The second-order valence-electron chi connectivity index (χ2n) is 5.63. The van der Waals surface area contributed by atoms with Gasteiger partial charge in [-0.15, -0.1) is 11.3 Å². The maximum absolute atomic E-state index is 12.0. The zero-order chi connectivity index (χ0) is 15.8. The molecule has 0 saturated carbocycles. The molecule has 0 aliphatic heterocycles. The number of hydrogen-bond donors (Lipinski definition) is 1. The van der Waals surface area contributed by atoms with Gasteiger partial charge in [-0.25, -0.2) is 0 Å². The predicted molar refractivity (Wildman–Crippen MR) is 93.1 cm³/mol. The van der Waals surface area contributed by atoms with Gasteiger partial charge in [0.15, 0.2) is 0 Å². The van der Waals surface area contributed by atoms with E-state index >= 15 is 0 Å². The quantitative estimate of drug-likeness (QED) is 0.808. The second-order valence-corrected chi connectivity index (χ2v) is 6.66. The van der Waals surface area contributed by atoms with E-state index in [-0.39, 0.29) is 11.9 Å². The number of rotatable bonds is 8. The van der Waals surface area contributed by atoms with Gasteiger partial charge in [-0.2, -0.15) is 0 Å². The van der Waals surface area contributed by atoms with Crippen LogP contribution in [-0.4, -0.2) is 31.4 Å². The molecule has 0 aliphatic carbocycles. The van der Waals surface area contributed by atoms with Gasteiger partial charge in [-0.3, -0.25) is 4.79 Å². The van der Waals surface area contributed by atoms with Gasteiger partial charge in [0.05, 0.1) is 6.04 Å². The van der Waals surface area contributed by atoms with Crippen molar-refractivity contribution in [3.05, 3.63) is 58.3 Å². The molecule has 118 valence electrons. The minimum atomic E-state index is 0.138. The highest BCUT2D eigenvalue weighted by atomic mass is 32.1. The normalized spacial score (nSPS) is 12.3. The molecule has 0 aliphatic rings. The highest BCUT2D eigenvalue weighted by Crippen LogP contribution is 2.17. The van der Waals surface area contributed by atoms with E-state index in [0.717, 1.165) is 12.8 Å². The molecular formula is C18H24N2OS. The lowest BCUT2D eigenvalue weighted by molar-refractivity contribution is -0.121. The van der Waals surface area contributed by atoms with Crippen LogP contribution in [0.1, 0.15) is 29.3 Å². The van der Waals surface area contributed by atoms with Crippen LogP contribution in [0.3, 0.4) is 0 Å². The molecule has 1 amide bonds. The Morgan fingerprint density at radius 2 is 1.95 bits per heavy atom. The highest BCUT2D eigenvalue weighted by molar-refractivity contribution is 7.09. The van der Waals surface area contributed by atoms with E-state index in [9.17, 15) is 4.79 Å². The fraction of sp³-hybridized carbons (Fsp3) is 0.389. The summed E-state index contributed by atoms with van der Waals surface area (Å²) in [6.45, 7) is 0.648. The summed E-state index contributed by atoms with van der Waals surface area (Å²) in [7, 11) is 4.08. The lowest BCUT2D eigenvalue weighted by Gasteiger charge is -2.25. The number of carbonyl (C=O) groups excluding carboxylic acids is 1. The van der Waals surface area contributed by atoms with Crippen LogP contribution in [0.15, 0.2) is 47.8 Å². The first-order chi connectivity index (χ1) is 10.7. The zero-order valence-electron chi connectivity index (χ0n) is 13.3. The van der Waals surface area contributed by atoms with Gasteiger partial charge in [-0.05, 0) is 43.9 Å². The van der Waals surface area contributed by atoms with Crippen molar-refractivity contribution in [2.45, 2.75) is 25.3 Å². The van der Waals surface area contributed by atoms with Crippen molar-refractivity contribution in [2.24, 2.45) is 0 Å². The van der Waals surface area contributed by atoms with Crippen LogP contribution in [0.5, 0.6) is 0 Å². The van der Waals surface area contributed by atoms with Crippen LogP contribution < -0.4 is 5.32 Å². The van der Waals surface area contributed by atoms with E-state index in [1.165, 1.54) is 10.4 Å². The summed E-state index contributed by atoms with van der Waals surface area (Å²) in [5.41, 5.74) is 1.23. The van der Waals surface area contributed by atoms with Gasteiger partial charge in [0.25, 0.3) is 0 Å². The predicted octanol–water partition coefficient (Wildman–Crippen LogP) is 3.49. The molecule has 22 heavy (non-hydrogen) atoms. The summed E-state index contributed by atoms with van der Waals surface area (Å²) < 4.78 is 0. The summed E-state index contributed by atoms with van der Waals surface area (Å²) in [5, 5.41) is 5.15. The maximum Gasteiger partial charge on any atom is 0.220 e. The minimum Gasteiger partial charge on any atom is -0.354 e. The van der Waals surface area contributed by atoms with Gasteiger partial charge < -0.3 is 10.2 Å². The summed E-state index contributed by atoms with van der Waals surface area (Å²) in [6.07, 6.45) is 2.48. The number of nitrogens with one attached hydrogen (secondary N) is 1. The molecule has 0 spiro atoms. The fourth-order valence-electron chi connectivity index (χ4n) is 2.45. The number of thiophene rings is 1. The van der Waals surface area contributed by atoms with Crippen LogP contribution in [0.2, 0.25) is 0 Å². The van der Waals surface area contributed by atoms with Crippen LogP contribution in [0.25, 0.3) is 0 Å². The van der Waals surface area contributed by atoms with Gasteiger partial charge in [0.1, 0.15) is 0 Å². The highest BCUT2D eigenvalue weighted by Gasteiger charge is 2.14. The third-order valence-corrected chi connectivity index (χ3v) is 4.64. The Kier molecular flexibility index (Phi) is 6.62. The molecule has 0 radical (unpaired) electrons. The van der Waals surface area contributed by atoms with Crippen molar-refractivity contribution in [3.8, 4) is 0 Å². The van der Waals surface area contributed by atoms with Crippen molar-refractivity contribution in [1.29, 1.82) is 0 Å². The average Bonchev–Trinajstić information content (AvgIpc) is 3.01. The Labute approximate surface area is 137 Å². The van der Waals surface area contributed by atoms with Gasteiger partial charge in [-0.1, -0.05) is 36.4 Å². The fourth-order valence-corrected chi connectivity index (χ4v) is 3.20. The summed E-state index contributed by atoms with van der Waals surface area (Å²) in [5.74, 6) is 0.138. The number of likely N-dealkylation sites (N-methyl/N-ethyl adjacent to an activating group) is 1. The van der Waals surface area contributed by atoms with Crippen LogP contribution in [0.4, 0.5) is 0 Å². The SMILES string of the molecule is CN(C)C(CNC(=O)CCCc1cccs1)c1ccccc1. The van der Waals surface area contributed by atoms with Crippen molar-refractivity contribution in [1.82, 2.24) is 10.2 Å². The van der Waals surface area contributed by atoms with Gasteiger partial charge in [0.2, 0.25) is 5.91 Å². The molecule has 1 aromatic heterocycles. The number of hydrogen-bond acceptors (Lipinski definition) is 3. The Morgan fingerprint density at radius 1 is 1.18 bits per heavy atom. The monoisotopic (exact) mass is 316 g/mol. The summed E-state index contributed by atoms with van der Waals surface area (Å²) in [4.78, 5) is 15.5. The topological polar surface area (TPSA) is 32.3 Å². The molecule has 1 unspecified atom stereocenters. The first kappa shape index (κ1) is 16.7. The lowest BCUT2D eigenvalue weighted by atomic mass is 10.1. The Hall–Kier alpha value is -1.65. The zero-order valence-corrected chi connectivity index (χ0v) is 14.1. The molecule has 0 saturated heterocycles. The number of amides is 1. The summed E-state index contributed by atoms with van der Waals surface area (Å²) >= 11 is 1.76. The third-order valence-electron chi connectivity index (χ3n) is 3.71. The van der Waals surface area contributed by atoms with Crippen molar-refractivity contribution in [3.63, 3.8) is 0 Å². The Morgan fingerprint density at radius 3 is 2.59 bits per heavy atom. The first-order valence-corrected chi connectivity index (χ1v) is 8.55. The van der Waals surface area contributed by atoms with E-state index in [1.807, 2.05) is 32.3 Å². The van der Waals surface area contributed by atoms with E-state index < -0.39 is 0 Å². The molecule has 4 heteroatoms. The van der Waals surface area contributed by atoms with Gasteiger partial charge >= 0.3 is 0 Å². The second kappa shape index (κ2) is 8.71. The molecule has 0 fully saturated rings. The molecular weight excluding hydrogens is 292 g/mol. The first-order valence-electron chi connectivity index (χ1n) is 7.67. The van der Waals surface area contributed by atoms with E-state index in [4.69, 9.17) is 0 Å². The molecule has 0 bridgehead atoms. The molecule has 2 aromatic rings. The molecule has 1 N–H and O–H groups in total. The van der Waals surface area contributed by atoms with Crippen molar-refractivity contribution < 1.29 is 4.79 Å². The number of benzene rings is 1. The van der Waals surface area contributed by atoms with E-state index in [2.05, 4.69) is 39.9 Å². The van der Waals surface area contributed by atoms with E-state index in [0.29, 0.717) is 13.0 Å². The maximum atomic E-state index is 12.0. The standard InChI is InChI=1S/C18H24N2OS/c1-20(2)17(15-8-4-3-5-9-15)14-19-18(21)12-6-10-16-11-7-13-22-16/h3-5,7-9,11,13,17H,6,10,12,14H2,1-2H3,(H,19,21). The average molecular weight is 316 g/mol. The number of aryl methyl sites for hydroxylation is 1. The lowest BCUT2D eigenvalue weighted by Crippen LogP contribution is -2.34. The van der Waals surface area contributed by atoms with Crippen LogP contribution in [0, 0.1) is 0 Å². The van der Waals surface area contributed by atoms with Crippen molar-refractivity contribution >= 4 is 17.2 Å². The molecule has 1 aromatic carbocycles. The smallest absolute Gasteiger partial charge is 0.220 e. The largest absolute Gasteiger partial charge is 0.354 e. The van der Waals surface area contributed by atoms with Crippen LogP contribution >= 0.6 is 11.3 Å². The number of nitrogens with zero attached hydrogens (tertiary/aromatic N) is 1. The minimum absolute atomic E-state index is 0.138. The van der Waals surface area contributed by atoms with Gasteiger partial charge in [0, 0.05) is 17.8 Å². The number of carbonyl (C=O) groups is 1. The molecule has 1 atom stereocenters.